The lowest BCUT2D eigenvalue weighted by Gasteiger charge is -2.27. The molecule has 2 atom stereocenters. The van der Waals surface area contributed by atoms with Gasteiger partial charge in [0.1, 0.15) is 6.17 Å². The highest BCUT2D eigenvalue weighted by molar-refractivity contribution is 14.1. The van der Waals surface area contributed by atoms with E-state index in [-0.39, 0.29) is 0 Å². The molecule has 0 radical (unpaired) electrons. The zero-order chi connectivity index (χ0) is 6.85. The van der Waals surface area contributed by atoms with Gasteiger partial charge in [-0.05, 0) is 6.42 Å². The Morgan fingerprint density at radius 2 is 2.33 bits per heavy atom. The highest BCUT2D eigenvalue weighted by Gasteiger charge is 2.25. The van der Waals surface area contributed by atoms with Gasteiger partial charge in [0, 0.05) is 36.0 Å². The van der Waals surface area contributed by atoms with E-state index in [9.17, 15) is 4.39 Å². The van der Waals surface area contributed by atoms with Gasteiger partial charge in [-0.25, -0.2) is 7.50 Å². The summed E-state index contributed by atoms with van der Waals surface area (Å²) in [4.78, 5) is 0. The summed E-state index contributed by atoms with van der Waals surface area (Å²) in [5, 5.41) is 8.89. The van der Waals surface area contributed by atoms with Crippen LogP contribution >= 0.6 is 22.9 Å². The van der Waals surface area contributed by atoms with Crippen LogP contribution in [0.2, 0.25) is 0 Å². The number of aliphatic hydroxyl groups is 1. The third-order valence-corrected chi connectivity index (χ3v) is 2.33. The van der Waals surface area contributed by atoms with Crippen LogP contribution in [0.5, 0.6) is 0 Å². The number of nitrogens with zero attached hydrogens (tertiary/aromatic N) is 1. The fourth-order valence-corrected chi connectivity index (χ4v) is 1.51. The van der Waals surface area contributed by atoms with Crippen molar-refractivity contribution < 1.29 is 9.50 Å². The second-order valence-electron chi connectivity index (χ2n) is 2.24. The van der Waals surface area contributed by atoms with Crippen LogP contribution < -0.4 is 0 Å². The molecule has 0 amide bonds. The van der Waals surface area contributed by atoms with Gasteiger partial charge < -0.3 is 5.11 Å². The van der Waals surface area contributed by atoms with Gasteiger partial charge in [-0.15, -0.1) is 0 Å². The summed E-state index contributed by atoms with van der Waals surface area (Å²) in [5.41, 5.74) is 0. The minimum atomic E-state index is -1.05. The van der Waals surface area contributed by atoms with Crippen LogP contribution in [0.4, 0.5) is 4.39 Å². The average Bonchev–Trinajstić information content (AvgIpc) is 1.80. The normalized spacial score (nSPS) is 39.0. The Morgan fingerprint density at radius 1 is 1.67 bits per heavy atom. The average molecular weight is 245 g/mol. The Bertz CT molecular complexity index is 103. The standard InChI is InChI=1S/C5H9FINO/c6-4-3-8(7)2-1-5(4)9/h4-5,9H,1-3H2/t4-,5-/m1/s1. The summed E-state index contributed by atoms with van der Waals surface area (Å²) >= 11 is 2.06. The second-order valence-corrected chi connectivity index (χ2v) is 3.61. The minimum absolute atomic E-state index is 0.363. The summed E-state index contributed by atoms with van der Waals surface area (Å²) in [6.45, 7) is 1.16. The summed E-state index contributed by atoms with van der Waals surface area (Å²) < 4.78 is 14.4. The number of rotatable bonds is 0. The Kier molecular flexibility index (Phi) is 2.66. The van der Waals surface area contributed by atoms with Crippen molar-refractivity contribution in [2.24, 2.45) is 0 Å². The Balaban J connectivity index is 2.35. The van der Waals surface area contributed by atoms with Crippen molar-refractivity contribution in [2.45, 2.75) is 18.7 Å². The van der Waals surface area contributed by atoms with Crippen LogP contribution in [0, 0.1) is 0 Å². The predicted molar refractivity (Wildman–Crippen MR) is 41.1 cm³/mol. The Hall–Kier alpha value is 0.580. The van der Waals surface area contributed by atoms with E-state index < -0.39 is 12.3 Å². The van der Waals surface area contributed by atoms with Crippen molar-refractivity contribution in [1.82, 2.24) is 3.11 Å². The molecule has 0 bridgehead atoms. The first-order valence-corrected chi connectivity index (χ1v) is 3.89. The topological polar surface area (TPSA) is 23.5 Å². The van der Waals surface area contributed by atoms with Gasteiger partial charge >= 0.3 is 0 Å². The summed E-state index contributed by atoms with van der Waals surface area (Å²) in [6.07, 6.45) is -1.21. The fourth-order valence-electron chi connectivity index (χ4n) is 0.855. The molecule has 0 aromatic rings. The number of hydrogen-bond donors (Lipinski definition) is 1. The van der Waals surface area contributed by atoms with Crippen molar-refractivity contribution in [3.63, 3.8) is 0 Å². The monoisotopic (exact) mass is 245 g/mol. The summed E-state index contributed by atoms with van der Waals surface area (Å²) in [6, 6.07) is 0. The van der Waals surface area contributed by atoms with Gasteiger partial charge in [0.25, 0.3) is 0 Å². The van der Waals surface area contributed by atoms with Crippen LogP contribution in [0.25, 0.3) is 0 Å². The van der Waals surface area contributed by atoms with Gasteiger partial charge in [0.2, 0.25) is 0 Å². The molecule has 4 heteroatoms. The zero-order valence-electron chi connectivity index (χ0n) is 4.93. The third kappa shape index (κ3) is 2.01. The largest absolute Gasteiger partial charge is 0.390 e. The van der Waals surface area contributed by atoms with Crippen LogP contribution in [-0.2, 0) is 0 Å². The van der Waals surface area contributed by atoms with E-state index in [1.165, 1.54) is 0 Å². The van der Waals surface area contributed by atoms with E-state index in [1.807, 2.05) is 3.11 Å². The number of aliphatic hydroxyl groups excluding tert-OH is 1. The maximum atomic E-state index is 12.5. The van der Waals surface area contributed by atoms with Crippen molar-refractivity contribution in [3.8, 4) is 0 Å². The third-order valence-electron chi connectivity index (χ3n) is 1.46. The lowest BCUT2D eigenvalue weighted by molar-refractivity contribution is 0.0369. The molecule has 54 valence electrons. The van der Waals surface area contributed by atoms with Crippen molar-refractivity contribution >= 4 is 22.9 Å². The van der Waals surface area contributed by atoms with Gasteiger partial charge in [-0.1, -0.05) is 0 Å². The fraction of sp³-hybridized carbons (Fsp3) is 1.00. The smallest absolute Gasteiger partial charge is 0.139 e. The quantitative estimate of drug-likeness (QED) is 0.502. The zero-order valence-corrected chi connectivity index (χ0v) is 7.08. The van der Waals surface area contributed by atoms with Gasteiger partial charge in [0.05, 0.1) is 6.10 Å². The van der Waals surface area contributed by atoms with Crippen molar-refractivity contribution in [3.05, 3.63) is 0 Å². The van der Waals surface area contributed by atoms with Crippen LogP contribution in [0.1, 0.15) is 6.42 Å². The molecule has 1 aliphatic rings. The maximum absolute atomic E-state index is 12.5. The van der Waals surface area contributed by atoms with E-state index in [4.69, 9.17) is 5.11 Å². The predicted octanol–water partition coefficient (Wildman–Crippen LogP) is 0.741. The van der Waals surface area contributed by atoms with Crippen molar-refractivity contribution in [1.29, 1.82) is 0 Å². The molecule has 0 aliphatic carbocycles. The minimum Gasteiger partial charge on any atom is -0.390 e. The summed E-state index contributed by atoms with van der Waals surface area (Å²) in [5.74, 6) is 0. The molecule has 1 rings (SSSR count). The lowest BCUT2D eigenvalue weighted by atomic mass is 10.1. The molecule has 0 aromatic carbocycles. The van der Waals surface area contributed by atoms with E-state index in [1.54, 1.807) is 0 Å². The maximum Gasteiger partial charge on any atom is 0.139 e. The number of hydrogen-bond acceptors (Lipinski definition) is 2. The summed E-state index contributed by atoms with van der Waals surface area (Å²) in [7, 11) is 0. The van der Waals surface area contributed by atoms with Crippen LogP contribution in [-0.4, -0.2) is 33.6 Å². The molecule has 1 fully saturated rings. The first-order valence-electron chi connectivity index (χ1n) is 2.93. The highest BCUT2D eigenvalue weighted by Crippen LogP contribution is 2.16. The van der Waals surface area contributed by atoms with Gasteiger partial charge in [0.15, 0.2) is 0 Å². The lowest BCUT2D eigenvalue weighted by Crippen LogP contribution is -2.39. The molecule has 1 N–H and O–H groups in total. The first-order chi connectivity index (χ1) is 4.20. The molecule has 1 saturated heterocycles. The molecule has 0 unspecified atom stereocenters. The van der Waals surface area contributed by atoms with E-state index in [0.717, 1.165) is 6.54 Å². The molecular formula is C5H9FINO. The number of halogens is 2. The van der Waals surface area contributed by atoms with Crippen molar-refractivity contribution in [2.75, 3.05) is 13.1 Å². The molecule has 1 heterocycles. The number of alkyl halides is 1. The van der Waals surface area contributed by atoms with E-state index >= 15 is 0 Å². The molecule has 2 nitrogen and oxygen atoms in total. The first kappa shape index (κ1) is 7.68. The molecular weight excluding hydrogens is 236 g/mol. The SMILES string of the molecule is O[C@@H]1CCN(I)C[C@H]1F. The number of piperidine rings is 1. The van der Waals surface area contributed by atoms with E-state index in [2.05, 4.69) is 22.9 Å². The highest BCUT2D eigenvalue weighted by atomic mass is 127. The van der Waals surface area contributed by atoms with Crippen LogP contribution in [0.15, 0.2) is 0 Å². The Morgan fingerprint density at radius 3 is 2.78 bits per heavy atom. The Labute approximate surface area is 67.5 Å². The van der Waals surface area contributed by atoms with E-state index in [0.29, 0.717) is 13.0 Å². The van der Waals surface area contributed by atoms with Gasteiger partial charge in [-0.3, -0.25) is 0 Å². The molecule has 9 heavy (non-hydrogen) atoms. The molecule has 0 aromatic heterocycles. The molecule has 0 spiro atoms. The molecule has 0 saturated carbocycles. The molecule has 1 aliphatic heterocycles. The van der Waals surface area contributed by atoms with Crippen LogP contribution in [0.3, 0.4) is 0 Å². The second kappa shape index (κ2) is 3.12. The van der Waals surface area contributed by atoms with Gasteiger partial charge in [-0.2, -0.15) is 0 Å².